The van der Waals surface area contributed by atoms with Crippen LogP contribution in [-0.2, 0) is 27.2 Å². The first-order valence-corrected chi connectivity index (χ1v) is 8.91. The lowest BCUT2D eigenvalue weighted by Gasteiger charge is -2.25. The molecule has 0 N–H and O–H groups in total. The molecule has 1 aromatic carbocycles. The van der Waals surface area contributed by atoms with E-state index >= 15 is 0 Å². The Hall–Kier alpha value is -0.720. The van der Waals surface area contributed by atoms with E-state index in [1.54, 1.807) is 12.1 Å². The summed E-state index contributed by atoms with van der Waals surface area (Å²) >= 11 is 0. The molecule has 100 valence electrons. The van der Waals surface area contributed by atoms with Gasteiger partial charge < -0.3 is 0 Å². The Labute approximate surface area is 111 Å². The number of sulfonamides is 1. The van der Waals surface area contributed by atoms with Gasteiger partial charge in [0.25, 0.3) is 0 Å². The normalized spacial score (nSPS) is 18.9. The minimum atomic E-state index is -3.41. The monoisotopic (exact) mass is 287 g/mol. The number of hydrogen-bond acceptors (Lipinski definition) is 3. The van der Waals surface area contributed by atoms with Crippen molar-refractivity contribution in [1.82, 2.24) is 4.31 Å². The second kappa shape index (κ2) is 5.50. The Bertz CT molecular complexity index is 527. The number of nitrogens with zero attached hydrogens (tertiary/aromatic N) is 1. The van der Waals surface area contributed by atoms with Crippen LogP contribution in [0.4, 0.5) is 0 Å². The van der Waals surface area contributed by atoms with Crippen molar-refractivity contribution < 1.29 is 12.6 Å². The van der Waals surface area contributed by atoms with Crippen LogP contribution in [0.15, 0.2) is 29.2 Å². The maximum absolute atomic E-state index is 12.3. The molecule has 0 aromatic heterocycles. The van der Waals surface area contributed by atoms with Crippen molar-refractivity contribution in [2.45, 2.75) is 18.2 Å². The van der Waals surface area contributed by atoms with Gasteiger partial charge in [0.15, 0.2) is 0 Å². The average Bonchev–Trinajstić information content (AvgIpc) is 2.39. The molecule has 1 aliphatic rings. The fourth-order valence-corrected chi connectivity index (χ4v) is 4.63. The fraction of sp³-hybridized carbons (Fsp3) is 0.500. The van der Waals surface area contributed by atoms with Crippen LogP contribution in [-0.4, -0.2) is 41.5 Å². The number of hydrogen-bond donors (Lipinski definition) is 0. The predicted octanol–water partition coefficient (Wildman–Crippen LogP) is 1.00. The van der Waals surface area contributed by atoms with E-state index in [2.05, 4.69) is 0 Å². The molecule has 4 nitrogen and oxygen atoms in total. The third kappa shape index (κ3) is 2.81. The Morgan fingerprint density at radius 1 is 1.17 bits per heavy atom. The highest BCUT2D eigenvalue weighted by Gasteiger charge is 2.27. The van der Waals surface area contributed by atoms with Crippen molar-refractivity contribution in [2.75, 3.05) is 24.6 Å². The molecular weight excluding hydrogens is 270 g/mol. The lowest BCUT2D eigenvalue weighted by Crippen LogP contribution is -2.41. The van der Waals surface area contributed by atoms with Gasteiger partial charge in [-0.05, 0) is 24.1 Å². The molecular formula is C12H17NO3S2. The Morgan fingerprint density at radius 3 is 2.22 bits per heavy atom. The molecule has 1 aliphatic heterocycles. The van der Waals surface area contributed by atoms with Gasteiger partial charge in [-0.15, -0.1) is 0 Å². The van der Waals surface area contributed by atoms with Crippen LogP contribution in [0.5, 0.6) is 0 Å². The van der Waals surface area contributed by atoms with Crippen LogP contribution < -0.4 is 0 Å². The molecule has 2 rings (SSSR count). The van der Waals surface area contributed by atoms with Crippen LogP contribution in [0.2, 0.25) is 0 Å². The molecule has 0 bridgehead atoms. The summed E-state index contributed by atoms with van der Waals surface area (Å²) < 4.78 is 37.3. The molecule has 0 amide bonds. The number of rotatable bonds is 3. The molecule has 0 radical (unpaired) electrons. The first-order valence-electron chi connectivity index (χ1n) is 5.98. The number of aryl methyl sites for hydroxylation is 1. The van der Waals surface area contributed by atoms with Gasteiger partial charge in [0.05, 0.1) is 4.90 Å². The molecule has 0 spiro atoms. The second-order valence-electron chi connectivity index (χ2n) is 4.25. The summed E-state index contributed by atoms with van der Waals surface area (Å²) in [5, 5.41) is 0. The average molecular weight is 287 g/mol. The largest absolute Gasteiger partial charge is 0.259 e. The molecule has 0 aliphatic carbocycles. The summed E-state index contributed by atoms with van der Waals surface area (Å²) in [6.07, 6.45) is 0.892. The zero-order valence-electron chi connectivity index (χ0n) is 10.3. The topological polar surface area (TPSA) is 54.5 Å². The van der Waals surface area contributed by atoms with E-state index in [4.69, 9.17) is 0 Å². The van der Waals surface area contributed by atoms with Crippen molar-refractivity contribution in [2.24, 2.45) is 0 Å². The highest BCUT2D eigenvalue weighted by atomic mass is 32.2. The standard InChI is InChI=1S/C12H17NO3S2/c1-2-11-3-5-12(6-4-11)18(15,16)13-7-9-17(14)10-8-13/h3-6H,2,7-10H2,1H3. The lowest BCUT2D eigenvalue weighted by molar-refractivity contribution is 0.438. The van der Waals surface area contributed by atoms with Crippen molar-refractivity contribution in [3.63, 3.8) is 0 Å². The predicted molar refractivity (Wildman–Crippen MR) is 72.5 cm³/mol. The third-order valence-electron chi connectivity index (χ3n) is 3.11. The molecule has 1 heterocycles. The molecule has 1 saturated heterocycles. The molecule has 1 fully saturated rings. The van der Waals surface area contributed by atoms with Crippen LogP contribution in [0.1, 0.15) is 12.5 Å². The summed E-state index contributed by atoms with van der Waals surface area (Å²) in [6, 6.07) is 6.99. The van der Waals surface area contributed by atoms with Gasteiger partial charge in [-0.3, -0.25) is 4.21 Å². The third-order valence-corrected chi connectivity index (χ3v) is 6.29. The van der Waals surface area contributed by atoms with Crippen LogP contribution in [0.3, 0.4) is 0 Å². The fourth-order valence-electron chi connectivity index (χ4n) is 1.91. The van der Waals surface area contributed by atoms with Gasteiger partial charge in [-0.25, -0.2) is 8.42 Å². The molecule has 6 heteroatoms. The van der Waals surface area contributed by atoms with Gasteiger partial charge >= 0.3 is 0 Å². The maximum Gasteiger partial charge on any atom is 0.243 e. The second-order valence-corrected chi connectivity index (χ2v) is 7.88. The van der Waals surface area contributed by atoms with Crippen LogP contribution >= 0.6 is 0 Å². The first kappa shape index (κ1) is 13.7. The first-order chi connectivity index (χ1) is 8.54. The zero-order chi connectivity index (χ0) is 13.2. The van der Waals surface area contributed by atoms with E-state index < -0.39 is 20.8 Å². The van der Waals surface area contributed by atoms with E-state index in [-0.39, 0.29) is 0 Å². The Balaban J connectivity index is 2.21. The van der Waals surface area contributed by atoms with Crippen molar-refractivity contribution in [3.05, 3.63) is 29.8 Å². The highest BCUT2D eigenvalue weighted by Crippen LogP contribution is 2.18. The SMILES string of the molecule is CCc1ccc(S(=O)(=O)N2CCS(=O)CC2)cc1. The zero-order valence-corrected chi connectivity index (χ0v) is 12.0. The van der Waals surface area contributed by atoms with Crippen molar-refractivity contribution in [3.8, 4) is 0 Å². The van der Waals surface area contributed by atoms with Crippen molar-refractivity contribution >= 4 is 20.8 Å². The summed E-state index contributed by atoms with van der Waals surface area (Å²) in [5.41, 5.74) is 1.12. The summed E-state index contributed by atoms with van der Waals surface area (Å²) in [5.74, 6) is 0.874. The summed E-state index contributed by atoms with van der Waals surface area (Å²) in [6.45, 7) is 2.73. The van der Waals surface area contributed by atoms with Gasteiger partial charge in [0, 0.05) is 35.4 Å². The van der Waals surface area contributed by atoms with E-state index in [0.29, 0.717) is 29.5 Å². The molecule has 18 heavy (non-hydrogen) atoms. The smallest absolute Gasteiger partial charge is 0.243 e. The van der Waals surface area contributed by atoms with Gasteiger partial charge in [0.2, 0.25) is 10.0 Å². The Kier molecular flexibility index (Phi) is 4.19. The van der Waals surface area contributed by atoms with Gasteiger partial charge in [-0.2, -0.15) is 4.31 Å². The van der Waals surface area contributed by atoms with Crippen LogP contribution in [0.25, 0.3) is 0 Å². The van der Waals surface area contributed by atoms with E-state index in [1.165, 1.54) is 4.31 Å². The molecule has 1 aromatic rings. The highest BCUT2D eigenvalue weighted by molar-refractivity contribution is 7.89. The quantitative estimate of drug-likeness (QED) is 0.833. The van der Waals surface area contributed by atoms with Crippen LogP contribution in [0, 0.1) is 0 Å². The lowest BCUT2D eigenvalue weighted by atomic mass is 10.2. The molecule has 0 atom stereocenters. The minimum Gasteiger partial charge on any atom is -0.259 e. The van der Waals surface area contributed by atoms with Gasteiger partial charge in [-0.1, -0.05) is 19.1 Å². The van der Waals surface area contributed by atoms with E-state index in [9.17, 15) is 12.6 Å². The molecule has 0 unspecified atom stereocenters. The summed E-state index contributed by atoms with van der Waals surface area (Å²) in [4.78, 5) is 0.326. The van der Waals surface area contributed by atoms with Crippen molar-refractivity contribution in [1.29, 1.82) is 0 Å². The van der Waals surface area contributed by atoms with E-state index in [0.717, 1.165) is 12.0 Å². The Morgan fingerprint density at radius 2 is 1.72 bits per heavy atom. The minimum absolute atomic E-state index is 0.326. The van der Waals surface area contributed by atoms with E-state index in [1.807, 2.05) is 19.1 Å². The molecule has 0 saturated carbocycles. The maximum atomic E-state index is 12.3. The summed E-state index contributed by atoms with van der Waals surface area (Å²) in [7, 11) is -4.27. The number of benzene rings is 1. The van der Waals surface area contributed by atoms with Gasteiger partial charge in [0.1, 0.15) is 0 Å².